The summed E-state index contributed by atoms with van der Waals surface area (Å²) in [5.41, 5.74) is 3.77. The second-order valence-electron chi connectivity index (χ2n) is 8.48. The van der Waals surface area contributed by atoms with Gasteiger partial charge in [0, 0.05) is 16.6 Å². The van der Waals surface area contributed by atoms with Gasteiger partial charge in [-0.2, -0.15) is 0 Å². The Balaban J connectivity index is 1.51. The fraction of sp³-hybridized carbons (Fsp3) is 0.148. The molecule has 0 radical (unpaired) electrons. The Morgan fingerprint density at radius 1 is 1.05 bits per heavy atom. The first-order valence-electron chi connectivity index (χ1n) is 11.3. The Kier molecular flexibility index (Phi) is 7.80. The lowest BCUT2D eigenvalue weighted by Gasteiger charge is -2.15. The number of rotatable bonds is 7. The molecule has 1 N–H and O–H groups in total. The first kappa shape index (κ1) is 26.2. The average molecular weight is 534 g/mol. The molecule has 0 bridgehead atoms. The van der Waals surface area contributed by atoms with Gasteiger partial charge < -0.3 is 5.32 Å². The second kappa shape index (κ2) is 11.0. The lowest BCUT2D eigenvalue weighted by Crippen LogP contribution is -2.36. The van der Waals surface area contributed by atoms with E-state index in [1.807, 2.05) is 63.2 Å². The molecule has 0 aromatic heterocycles. The number of aryl methyl sites for hydroxylation is 3. The third kappa shape index (κ3) is 6.10. The molecule has 0 unspecified atom stereocenters. The number of hydrogen-bond acceptors (Lipinski definition) is 7. The molecular weight excluding hydrogens is 510 g/mol. The number of benzene rings is 3. The third-order valence-corrected chi connectivity index (χ3v) is 7.63. The van der Waals surface area contributed by atoms with Crippen molar-refractivity contribution < 1.29 is 19.3 Å². The number of para-hydroxylation sites is 1. The van der Waals surface area contributed by atoms with E-state index in [-0.39, 0.29) is 10.6 Å². The van der Waals surface area contributed by atoms with Crippen molar-refractivity contribution in [2.75, 3.05) is 11.9 Å². The second-order valence-corrected chi connectivity index (χ2v) is 10.6. The quantitative estimate of drug-likeness (QED) is 0.214. The molecule has 37 heavy (non-hydrogen) atoms. The van der Waals surface area contributed by atoms with Crippen molar-refractivity contribution in [3.8, 4) is 0 Å². The molecule has 1 aliphatic rings. The van der Waals surface area contributed by atoms with Gasteiger partial charge in [-0.25, -0.2) is 0 Å². The molecule has 1 aliphatic heterocycles. The summed E-state index contributed by atoms with van der Waals surface area (Å²) < 4.78 is 0. The van der Waals surface area contributed by atoms with Gasteiger partial charge in [0.2, 0.25) is 5.91 Å². The van der Waals surface area contributed by atoms with Crippen molar-refractivity contribution in [3.05, 3.63) is 97.9 Å². The number of imide groups is 1. The molecule has 0 spiro atoms. The van der Waals surface area contributed by atoms with Crippen molar-refractivity contribution in [3.63, 3.8) is 0 Å². The van der Waals surface area contributed by atoms with Gasteiger partial charge in [0.05, 0.1) is 14.7 Å². The summed E-state index contributed by atoms with van der Waals surface area (Å²) in [5, 5.41) is 13.9. The topological polar surface area (TPSA) is 110 Å². The average Bonchev–Trinajstić information content (AvgIpc) is 3.11. The fourth-order valence-corrected chi connectivity index (χ4v) is 5.45. The summed E-state index contributed by atoms with van der Waals surface area (Å²) in [6, 6.07) is 17.9. The lowest BCUT2D eigenvalue weighted by molar-refractivity contribution is -0.387. The van der Waals surface area contributed by atoms with E-state index in [1.165, 1.54) is 23.9 Å². The fourth-order valence-electron chi connectivity index (χ4n) is 3.71. The van der Waals surface area contributed by atoms with Crippen LogP contribution in [0.4, 0.5) is 16.2 Å². The van der Waals surface area contributed by atoms with Crippen LogP contribution in [-0.4, -0.2) is 33.4 Å². The van der Waals surface area contributed by atoms with Crippen molar-refractivity contribution in [1.29, 1.82) is 0 Å². The molecule has 1 saturated heterocycles. The monoisotopic (exact) mass is 533 g/mol. The van der Waals surface area contributed by atoms with E-state index in [4.69, 9.17) is 0 Å². The number of nitro groups is 1. The van der Waals surface area contributed by atoms with Gasteiger partial charge in [0.1, 0.15) is 6.54 Å². The number of nitrogens with zero attached hydrogens (tertiary/aromatic N) is 2. The highest BCUT2D eigenvalue weighted by Gasteiger charge is 2.36. The predicted octanol–water partition coefficient (Wildman–Crippen LogP) is 6.35. The minimum absolute atomic E-state index is 0.0955. The van der Waals surface area contributed by atoms with Crippen LogP contribution in [0.25, 0.3) is 6.08 Å². The highest BCUT2D eigenvalue weighted by molar-refractivity contribution is 8.18. The summed E-state index contributed by atoms with van der Waals surface area (Å²) in [7, 11) is 0. The van der Waals surface area contributed by atoms with Crippen LogP contribution >= 0.6 is 23.5 Å². The highest BCUT2D eigenvalue weighted by atomic mass is 32.2. The molecule has 3 aromatic carbocycles. The van der Waals surface area contributed by atoms with Gasteiger partial charge >= 0.3 is 0 Å². The van der Waals surface area contributed by atoms with E-state index < -0.39 is 28.5 Å². The molecule has 188 valence electrons. The molecule has 8 nitrogen and oxygen atoms in total. The first-order chi connectivity index (χ1) is 17.6. The zero-order valence-electron chi connectivity index (χ0n) is 20.3. The van der Waals surface area contributed by atoms with Crippen molar-refractivity contribution in [2.24, 2.45) is 0 Å². The minimum Gasteiger partial charge on any atom is -0.324 e. The number of nitrogens with one attached hydrogen (secondary N) is 1. The minimum atomic E-state index is -0.618. The molecule has 3 amide bonds. The van der Waals surface area contributed by atoms with Gasteiger partial charge in [-0.05, 0) is 73.5 Å². The third-order valence-electron chi connectivity index (χ3n) is 5.65. The van der Waals surface area contributed by atoms with E-state index in [1.54, 1.807) is 12.1 Å². The van der Waals surface area contributed by atoms with Crippen LogP contribution in [-0.2, 0) is 9.59 Å². The van der Waals surface area contributed by atoms with E-state index >= 15 is 0 Å². The van der Waals surface area contributed by atoms with Gasteiger partial charge in [-0.15, -0.1) is 0 Å². The Labute approximate surface area is 222 Å². The summed E-state index contributed by atoms with van der Waals surface area (Å²) >= 11 is 1.97. The summed E-state index contributed by atoms with van der Waals surface area (Å²) in [5.74, 6) is -1.11. The molecule has 4 rings (SSSR count). The van der Waals surface area contributed by atoms with Crippen LogP contribution < -0.4 is 5.32 Å². The van der Waals surface area contributed by atoms with Crippen molar-refractivity contribution >= 4 is 58.0 Å². The van der Waals surface area contributed by atoms with Crippen LogP contribution in [0, 0.1) is 30.9 Å². The Hall–Kier alpha value is -3.89. The number of carbonyl (C=O) groups is 3. The van der Waals surface area contributed by atoms with E-state index in [0.717, 1.165) is 26.5 Å². The Morgan fingerprint density at radius 2 is 1.73 bits per heavy atom. The molecule has 10 heteroatoms. The van der Waals surface area contributed by atoms with Gasteiger partial charge in [0.25, 0.3) is 16.8 Å². The maximum absolute atomic E-state index is 12.9. The smallest absolute Gasteiger partial charge is 0.294 e. The standard InChI is InChI=1S/C27H23N3O5S2/c1-16-7-10-20(11-8-16)36-22-12-9-19(13-21(22)30(34)35)14-23-26(32)29(27(33)37-23)15-24(31)28-25-17(2)5-4-6-18(25)3/h4-14H,15H2,1-3H3,(H,28,31)/b23-14-. The number of thioether (sulfide) groups is 1. The van der Waals surface area contributed by atoms with Crippen molar-refractivity contribution in [2.45, 2.75) is 30.6 Å². The van der Waals surface area contributed by atoms with Gasteiger partial charge in [0.15, 0.2) is 0 Å². The SMILES string of the molecule is Cc1ccc(Sc2ccc(/C=C3\SC(=O)N(CC(=O)Nc4c(C)cccc4C)C3=O)cc2[N+](=O)[O-])cc1. The molecule has 0 atom stereocenters. The molecule has 0 saturated carbocycles. The lowest BCUT2D eigenvalue weighted by atomic mass is 10.1. The van der Waals surface area contributed by atoms with Crippen molar-refractivity contribution in [1.82, 2.24) is 4.90 Å². The number of hydrogen-bond donors (Lipinski definition) is 1. The predicted molar refractivity (Wildman–Crippen MR) is 146 cm³/mol. The molecule has 1 fully saturated rings. The molecule has 0 aliphatic carbocycles. The maximum atomic E-state index is 12.9. The first-order valence-corrected chi connectivity index (χ1v) is 12.9. The largest absolute Gasteiger partial charge is 0.324 e. The zero-order valence-corrected chi connectivity index (χ0v) is 21.9. The summed E-state index contributed by atoms with van der Waals surface area (Å²) in [4.78, 5) is 51.5. The summed E-state index contributed by atoms with van der Waals surface area (Å²) in [6.45, 7) is 5.25. The van der Waals surface area contributed by atoms with Gasteiger partial charge in [-0.1, -0.05) is 53.7 Å². The van der Waals surface area contributed by atoms with Crippen LogP contribution in [0.15, 0.2) is 75.4 Å². The van der Waals surface area contributed by atoms with Crippen LogP contribution in [0.5, 0.6) is 0 Å². The number of amides is 3. The molecule has 3 aromatic rings. The zero-order chi connectivity index (χ0) is 26.7. The van der Waals surface area contributed by atoms with E-state index in [9.17, 15) is 24.5 Å². The maximum Gasteiger partial charge on any atom is 0.294 e. The van der Waals surface area contributed by atoms with Gasteiger partial charge in [-0.3, -0.25) is 29.4 Å². The highest BCUT2D eigenvalue weighted by Crippen LogP contribution is 2.37. The Morgan fingerprint density at radius 3 is 2.38 bits per heavy atom. The molecular formula is C27H23N3O5S2. The molecule has 1 heterocycles. The van der Waals surface area contributed by atoms with Crippen LogP contribution in [0.3, 0.4) is 0 Å². The number of nitro benzene ring substituents is 1. The Bertz CT molecular complexity index is 1430. The van der Waals surface area contributed by atoms with Crippen LogP contribution in [0.1, 0.15) is 22.3 Å². The van der Waals surface area contributed by atoms with E-state index in [2.05, 4.69) is 5.32 Å². The van der Waals surface area contributed by atoms with E-state index in [0.29, 0.717) is 27.9 Å². The van der Waals surface area contributed by atoms with Crippen LogP contribution in [0.2, 0.25) is 0 Å². The number of anilines is 1. The summed E-state index contributed by atoms with van der Waals surface area (Å²) in [6.07, 6.45) is 1.43. The number of carbonyl (C=O) groups excluding carboxylic acids is 3. The normalized spacial score (nSPS) is 14.4.